The van der Waals surface area contributed by atoms with Gasteiger partial charge in [-0.2, -0.15) is 0 Å². The van der Waals surface area contributed by atoms with E-state index in [1.807, 2.05) is 0 Å². The van der Waals surface area contributed by atoms with Gasteiger partial charge in [0.05, 0.1) is 38.6 Å². The topological polar surface area (TPSA) is 307 Å². The van der Waals surface area contributed by atoms with Gasteiger partial charge < -0.3 is 89.9 Å². The number of rotatable bonds is 73. The van der Waals surface area contributed by atoms with Gasteiger partial charge in [-0.1, -0.05) is 386 Å². The van der Waals surface area contributed by atoms with Crippen molar-refractivity contribution in [1.82, 2.24) is 5.32 Å². The lowest BCUT2D eigenvalue weighted by Gasteiger charge is -2.48. The highest BCUT2D eigenvalue weighted by molar-refractivity contribution is 5.76. The van der Waals surface area contributed by atoms with Crippen LogP contribution >= 0.6 is 0 Å². The molecule has 0 radical (unpaired) electrons. The molecule has 17 unspecified atom stereocenters. The Morgan fingerprint density at radius 2 is 0.548 bits per heavy atom. The molecular weight excluding hydrogens is 1320 g/mol. The third kappa shape index (κ3) is 45.3. The lowest BCUT2D eigenvalue weighted by atomic mass is 9.96. The third-order valence-corrected chi connectivity index (χ3v) is 22.7. The van der Waals surface area contributed by atoms with E-state index in [0.717, 1.165) is 44.9 Å². The largest absolute Gasteiger partial charge is 0.394 e. The molecule has 0 saturated carbocycles. The molecule has 12 N–H and O–H groups in total. The number of hydrogen-bond donors (Lipinski definition) is 12. The average molecular weight is 1490 g/mol. The maximum absolute atomic E-state index is 13.5. The Morgan fingerprint density at radius 1 is 0.308 bits per heavy atom. The quantitative estimate of drug-likeness (QED) is 0.0252. The van der Waals surface area contributed by atoms with Crippen molar-refractivity contribution in [3.63, 3.8) is 0 Å². The number of aliphatic hydroxyl groups is 11. The summed E-state index contributed by atoms with van der Waals surface area (Å²) in [5, 5.41) is 121. The summed E-state index contributed by atoms with van der Waals surface area (Å²) in [6.45, 7) is 1.89. The first kappa shape index (κ1) is 97.0. The van der Waals surface area contributed by atoms with Crippen molar-refractivity contribution in [2.24, 2.45) is 0 Å². The second kappa shape index (κ2) is 66.4. The second-order valence-corrected chi connectivity index (χ2v) is 32.1. The number of hydrogen-bond acceptors (Lipinski definition) is 18. The number of ether oxygens (including phenoxy) is 6. The number of carbonyl (C=O) groups excluding carboxylic acids is 1. The maximum atomic E-state index is 13.5. The smallest absolute Gasteiger partial charge is 0.220 e. The minimum atomic E-state index is -1.97. The summed E-state index contributed by atoms with van der Waals surface area (Å²) in [6, 6.07) is -0.884. The van der Waals surface area contributed by atoms with E-state index < -0.39 is 124 Å². The average Bonchev–Trinajstić information content (AvgIpc) is 0.783. The zero-order valence-corrected chi connectivity index (χ0v) is 66.6. The van der Waals surface area contributed by atoms with Crippen LogP contribution in [0.1, 0.15) is 406 Å². The van der Waals surface area contributed by atoms with E-state index in [4.69, 9.17) is 28.4 Å². The van der Waals surface area contributed by atoms with Crippen molar-refractivity contribution in [2.75, 3.05) is 26.4 Å². The monoisotopic (exact) mass is 1490 g/mol. The molecule has 3 aliphatic rings. The van der Waals surface area contributed by atoms with Gasteiger partial charge in [0.1, 0.15) is 73.2 Å². The van der Waals surface area contributed by atoms with Crippen LogP contribution in [-0.2, 0) is 33.2 Å². The second-order valence-electron chi connectivity index (χ2n) is 32.1. The molecule has 104 heavy (non-hydrogen) atoms. The number of aliphatic hydroxyl groups excluding tert-OH is 11. The molecule has 0 aliphatic carbocycles. The van der Waals surface area contributed by atoms with E-state index >= 15 is 0 Å². The van der Waals surface area contributed by atoms with Crippen molar-refractivity contribution < 1.29 is 89.4 Å². The van der Waals surface area contributed by atoms with Gasteiger partial charge in [-0.25, -0.2) is 0 Å². The zero-order valence-electron chi connectivity index (χ0n) is 66.6. The van der Waals surface area contributed by atoms with Crippen molar-refractivity contribution in [1.29, 1.82) is 0 Å². The highest BCUT2D eigenvalue weighted by Gasteiger charge is 2.54. The van der Waals surface area contributed by atoms with E-state index in [9.17, 15) is 61.0 Å². The molecule has 19 nitrogen and oxygen atoms in total. The van der Waals surface area contributed by atoms with E-state index in [-0.39, 0.29) is 18.9 Å². The van der Waals surface area contributed by atoms with Crippen LogP contribution < -0.4 is 5.32 Å². The van der Waals surface area contributed by atoms with Gasteiger partial charge in [-0.15, -0.1) is 0 Å². The van der Waals surface area contributed by atoms with E-state index in [1.54, 1.807) is 0 Å². The molecule has 0 aromatic rings. The SMILES string of the molecule is CCCCCCCCCCCCCCCCCCCCCCCCCCCCCCCCCCCCC(=O)NC(COC1OC(CO)C(OC2OC(CO)C(OC3OC(CO)C(O)C(O)C3O)C(O)C2O)C(O)C1O)C(O)CCCCCCCCCCCCCCCCCCCCCCCCCCC. The molecule has 19 heteroatoms. The number of nitrogens with one attached hydrogen (secondary N) is 1. The molecule has 0 aromatic heterocycles. The lowest BCUT2D eigenvalue weighted by molar-refractivity contribution is -0.379. The van der Waals surface area contributed by atoms with Crippen molar-refractivity contribution >= 4 is 5.91 Å². The summed E-state index contributed by atoms with van der Waals surface area (Å²) < 4.78 is 34.6. The summed E-state index contributed by atoms with van der Waals surface area (Å²) in [6.07, 6.45) is 52.2. The normalized spacial score (nSPS) is 25.8. The van der Waals surface area contributed by atoms with Gasteiger partial charge in [-0.3, -0.25) is 4.79 Å². The fraction of sp³-hybridized carbons (Fsp3) is 0.988. The van der Waals surface area contributed by atoms with Crippen LogP contribution in [0.2, 0.25) is 0 Å². The number of unbranched alkanes of at least 4 members (excludes halogenated alkanes) is 57. The summed E-state index contributed by atoms with van der Waals surface area (Å²) in [5.41, 5.74) is 0. The van der Waals surface area contributed by atoms with E-state index in [2.05, 4.69) is 19.2 Å². The standard InChI is InChI=1S/C85H165NO18/c1-3-5-7-9-11-13-15-17-19-21-23-25-27-29-30-31-32-33-34-35-36-37-39-41-43-45-47-49-51-53-55-57-59-61-63-73(91)86-68(69(90)62-60-58-56-54-52-50-48-46-44-42-40-38-28-26-24-22-20-18-16-14-12-10-8-6-4-2)67-99-83-79(97)76(94)81(71(65-88)101-83)104-85-80(98)77(95)82(72(66-89)102-85)103-84-78(96)75(93)74(92)70(64-87)100-84/h68-72,74-85,87-90,92-98H,3-67H2,1-2H3,(H,86,91). The van der Waals surface area contributed by atoms with Gasteiger partial charge in [0.2, 0.25) is 5.91 Å². The summed E-state index contributed by atoms with van der Waals surface area (Å²) >= 11 is 0. The van der Waals surface area contributed by atoms with Crippen LogP contribution in [0.3, 0.4) is 0 Å². The molecule has 3 fully saturated rings. The van der Waals surface area contributed by atoms with Gasteiger partial charge in [0.25, 0.3) is 0 Å². The minimum Gasteiger partial charge on any atom is -0.394 e. The highest BCUT2D eigenvalue weighted by Crippen LogP contribution is 2.34. The van der Waals surface area contributed by atoms with Crippen LogP contribution in [0.5, 0.6) is 0 Å². The van der Waals surface area contributed by atoms with E-state index in [1.165, 1.54) is 327 Å². The van der Waals surface area contributed by atoms with Crippen molar-refractivity contribution in [3.05, 3.63) is 0 Å². The van der Waals surface area contributed by atoms with Gasteiger partial charge in [0, 0.05) is 6.42 Å². The molecule has 0 aromatic carbocycles. The van der Waals surface area contributed by atoms with Gasteiger partial charge >= 0.3 is 0 Å². The van der Waals surface area contributed by atoms with Crippen LogP contribution in [0.4, 0.5) is 0 Å². The Bertz CT molecular complexity index is 1880. The van der Waals surface area contributed by atoms with Crippen LogP contribution in [0, 0.1) is 0 Å². The summed E-state index contributed by atoms with van der Waals surface area (Å²) in [7, 11) is 0. The Balaban J connectivity index is 1.32. The summed E-state index contributed by atoms with van der Waals surface area (Å²) in [4.78, 5) is 13.5. The molecule has 0 bridgehead atoms. The predicted molar refractivity (Wildman–Crippen MR) is 416 cm³/mol. The summed E-state index contributed by atoms with van der Waals surface area (Å²) in [5.74, 6) is -0.231. The molecule has 3 aliphatic heterocycles. The molecule has 3 heterocycles. The van der Waals surface area contributed by atoms with Gasteiger partial charge in [0.15, 0.2) is 18.9 Å². The first-order valence-corrected chi connectivity index (χ1v) is 44.3. The van der Waals surface area contributed by atoms with E-state index in [0.29, 0.717) is 12.8 Å². The van der Waals surface area contributed by atoms with Gasteiger partial charge in [-0.05, 0) is 12.8 Å². The fourth-order valence-corrected chi connectivity index (χ4v) is 15.6. The Labute approximate surface area is 634 Å². The molecular formula is C85H165NO18. The van der Waals surface area contributed by atoms with Crippen LogP contribution in [0.15, 0.2) is 0 Å². The maximum Gasteiger partial charge on any atom is 0.220 e. The molecule has 3 rings (SSSR count). The van der Waals surface area contributed by atoms with Crippen LogP contribution in [-0.4, -0.2) is 193 Å². The van der Waals surface area contributed by atoms with Crippen molar-refractivity contribution in [3.8, 4) is 0 Å². The third-order valence-electron chi connectivity index (χ3n) is 22.7. The number of amides is 1. The van der Waals surface area contributed by atoms with Crippen LogP contribution in [0.25, 0.3) is 0 Å². The first-order valence-electron chi connectivity index (χ1n) is 44.3. The van der Waals surface area contributed by atoms with Crippen molar-refractivity contribution in [2.45, 2.75) is 510 Å². The highest BCUT2D eigenvalue weighted by atomic mass is 16.8. The molecule has 17 atom stereocenters. The molecule has 0 spiro atoms. The molecule has 618 valence electrons. The predicted octanol–water partition coefficient (Wildman–Crippen LogP) is 16.1. The Kier molecular flexibility index (Phi) is 61.9. The zero-order chi connectivity index (χ0) is 75.3. The Hall–Kier alpha value is -1.21. The lowest BCUT2D eigenvalue weighted by Crippen LogP contribution is -2.66. The Morgan fingerprint density at radius 3 is 0.837 bits per heavy atom. The number of carbonyl (C=O) groups is 1. The first-order chi connectivity index (χ1) is 50.8. The molecule has 1 amide bonds. The fourth-order valence-electron chi connectivity index (χ4n) is 15.6. The molecule has 3 saturated heterocycles. The minimum absolute atomic E-state index is 0.231.